The van der Waals surface area contributed by atoms with Gasteiger partial charge in [0.15, 0.2) is 0 Å². The molecule has 0 unspecified atom stereocenters. The number of benzene rings is 1. The molecule has 1 aromatic heterocycles. The molecule has 0 saturated carbocycles. The van der Waals surface area contributed by atoms with Gasteiger partial charge >= 0.3 is 5.97 Å². The van der Waals surface area contributed by atoms with Crippen LogP contribution in [0.4, 0.5) is 0 Å². The van der Waals surface area contributed by atoms with Crippen molar-refractivity contribution in [1.29, 1.82) is 0 Å². The first kappa shape index (κ1) is 15.8. The average Bonchev–Trinajstić information content (AvgIpc) is 3.00. The van der Waals surface area contributed by atoms with Gasteiger partial charge in [-0.1, -0.05) is 12.1 Å². The molecule has 1 heterocycles. The molecule has 6 nitrogen and oxygen atoms in total. The van der Waals surface area contributed by atoms with E-state index in [0.29, 0.717) is 25.1 Å². The Bertz CT molecular complexity index is 621. The third-order valence-electron chi connectivity index (χ3n) is 3.34. The molecule has 0 saturated heterocycles. The Morgan fingerprint density at radius 3 is 2.59 bits per heavy atom. The van der Waals surface area contributed by atoms with Crippen molar-refractivity contribution in [3.8, 4) is 0 Å². The van der Waals surface area contributed by atoms with E-state index in [2.05, 4.69) is 5.10 Å². The highest BCUT2D eigenvalue weighted by Crippen LogP contribution is 2.09. The number of aliphatic carboxylic acids is 1. The van der Waals surface area contributed by atoms with Crippen LogP contribution in [-0.4, -0.2) is 45.3 Å². The first-order valence-corrected chi connectivity index (χ1v) is 7.10. The summed E-state index contributed by atoms with van der Waals surface area (Å²) in [6.45, 7) is 1.09. The lowest BCUT2D eigenvalue weighted by Gasteiger charge is -2.16. The van der Waals surface area contributed by atoms with Crippen LogP contribution in [0.1, 0.15) is 28.8 Å². The number of hydrogen-bond donors (Lipinski definition) is 1. The van der Waals surface area contributed by atoms with Crippen LogP contribution in [0.5, 0.6) is 0 Å². The van der Waals surface area contributed by atoms with Gasteiger partial charge in [-0.25, -0.2) is 0 Å². The predicted octanol–water partition coefficient (Wildman–Crippen LogP) is 1.87. The molecule has 1 N–H and O–H groups in total. The lowest BCUT2D eigenvalue weighted by molar-refractivity contribution is -0.137. The fourth-order valence-electron chi connectivity index (χ4n) is 2.12. The van der Waals surface area contributed by atoms with Gasteiger partial charge in [0, 0.05) is 38.0 Å². The molecular formula is C16H19N3O3. The monoisotopic (exact) mass is 301 g/mol. The number of carboxylic acid groups (broad SMARTS) is 1. The van der Waals surface area contributed by atoms with Gasteiger partial charge in [0.25, 0.3) is 5.91 Å². The molecule has 0 aliphatic rings. The molecule has 0 aliphatic carbocycles. The molecule has 22 heavy (non-hydrogen) atoms. The van der Waals surface area contributed by atoms with E-state index in [1.54, 1.807) is 30.3 Å². The molecule has 6 heteroatoms. The Morgan fingerprint density at radius 1 is 1.27 bits per heavy atom. The highest BCUT2D eigenvalue weighted by molar-refractivity contribution is 5.94. The van der Waals surface area contributed by atoms with Gasteiger partial charge in [0.2, 0.25) is 0 Å². The second-order valence-corrected chi connectivity index (χ2v) is 5.12. The maximum atomic E-state index is 12.2. The summed E-state index contributed by atoms with van der Waals surface area (Å²) >= 11 is 0. The zero-order valence-corrected chi connectivity index (χ0v) is 12.5. The van der Waals surface area contributed by atoms with Gasteiger partial charge in [-0.15, -0.1) is 0 Å². The third-order valence-corrected chi connectivity index (χ3v) is 3.34. The van der Waals surface area contributed by atoms with Crippen LogP contribution < -0.4 is 0 Å². The SMILES string of the molecule is CN(CCCC(=O)O)C(=O)c1ccc(Cn2cccn2)cc1. The standard InChI is InChI=1S/C16H19N3O3/c1-18(10-2-4-15(20)21)16(22)14-7-5-13(6-8-14)12-19-11-3-9-17-19/h3,5-9,11H,2,4,10,12H2,1H3,(H,20,21). The van der Waals surface area contributed by atoms with Crippen molar-refractivity contribution in [2.24, 2.45) is 0 Å². The van der Waals surface area contributed by atoms with Crippen molar-refractivity contribution in [3.05, 3.63) is 53.9 Å². The molecule has 0 fully saturated rings. The topological polar surface area (TPSA) is 75.4 Å². The third kappa shape index (κ3) is 4.44. The van der Waals surface area contributed by atoms with Gasteiger partial charge in [-0.2, -0.15) is 5.10 Å². The Balaban J connectivity index is 1.91. The Morgan fingerprint density at radius 2 is 2.00 bits per heavy atom. The van der Waals surface area contributed by atoms with Crippen molar-refractivity contribution >= 4 is 11.9 Å². The molecule has 1 aromatic carbocycles. The Kier molecular flexibility index (Phi) is 5.30. The van der Waals surface area contributed by atoms with Gasteiger partial charge < -0.3 is 10.0 Å². The lowest BCUT2D eigenvalue weighted by atomic mass is 10.1. The average molecular weight is 301 g/mol. The summed E-state index contributed by atoms with van der Waals surface area (Å²) in [5, 5.41) is 12.7. The minimum Gasteiger partial charge on any atom is -0.481 e. The summed E-state index contributed by atoms with van der Waals surface area (Å²) in [6, 6.07) is 9.24. The van der Waals surface area contributed by atoms with Crippen molar-refractivity contribution in [2.45, 2.75) is 19.4 Å². The second kappa shape index (κ2) is 7.40. The van der Waals surface area contributed by atoms with E-state index >= 15 is 0 Å². The maximum absolute atomic E-state index is 12.2. The fraction of sp³-hybridized carbons (Fsp3) is 0.312. The minimum atomic E-state index is -0.844. The Labute approximate surface area is 129 Å². The number of carbonyl (C=O) groups is 2. The molecule has 0 radical (unpaired) electrons. The smallest absolute Gasteiger partial charge is 0.303 e. The van der Waals surface area contributed by atoms with Crippen molar-refractivity contribution in [3.63, 3.8) is 0 Å². The summed E-state index contributed by atoms with van der Waals surface area (Å²) in [7, 11) is 1.68. The second-order valence-electron chi connectivity index (χ2n) is 5.12. The maximum Gasteiger partial charge on any atom is 0.303 e. The van der Waals surface area contributed by atoms with Gasteiger partial charge in [-0.05, 0) is 30.2 Å². The Hall–Kier alpha value is -2.63. The number of carboxylic acids is 1. The van der Waals surface area contributed by atoms with Gasteiger partial charge in [-0.3, -0.25) is 14.3 Å². The highest BCUT2D eigenvalue weighted by Gasteiger charge is 2.11. The number of amides is 1. The predicted molar refractivity (Wildman–Crippen MR) is 81.6 cm³/mol. The fourth-order valence-corrected chi connectivity index (χ4v) is 2.12. The summed E-state index contributed by atoms with van der Waals surface area (Å²) in [6.07, 6.45) is 4.13. The summed E-state index contributed by atoms with van der Waals surface area (Å²) < 4.78 is 1.81. The van der Waals surface area contributed by atoms with Crippen LogP contribution in [0.3, 0.4) is 0 Å². The first-order chi connectivity index (χ1) is 10.6. The van der Waals surface area contributed by atoms with E-state index in [-0.39, 0.29) is 12.3 Å². The molecule has 1 amide bonds. The highest BCUT2D eigenvalue weighted by atomic mass is 16.4. The van der Waals surface area contributed by atoms with Gasteiger partial charge in [0.05, 0.1) is 6.54 Å². The first-order valence-electron chi connectivity index (χ1n) is 7.10. The van der Waals surface area contributed by atoms with E-state index in [1.807, 2.05) is 29.1 Å². The van der Waals surface area contributed by atoms with Crippen molar-refractivity contribution in [2.75, 3.05) is 13.6 Å². The van der Waals surface area contributed by atoms with Gasteiger partial charge in [0.1, 0.15) is 0 Å². The van der Waals surface area contributed by atoms with Crippen molar-refractivity contribution < 1.29 is 14.7 Å². The molecule has 2 aromatic rings. The van der Waals surface area contributed by atoms with E-state index in [4.69, 9.17) is 5.11 Å². The van der Waals surface area contributed by atoms with Crippen molar-refractivity contribution in [1.82, 2.24) is 14.7 Å². The number of rotatable bonds is 7. The van der Waals surface area contributed by atoms with Crippen LogP contribution in [0.25, 0.3) is 0 Å². The van der Waals surface area contributed by atoms with Crippen LogP contribution in [0.2, 0.25) is 0 Å². The van der Waals surface area contributed by atoms with Crippen LogP contribution in [0, 0.1) is 0 Å². The van der Waals surface area contributed by atoms with E-state index < -0.39 is 5.97 Å². The molecule has 0 aliphatic heterocycles. The van der Waals surface area contributed by atoms with Crippen LogP contribution in [0.15, 0.2) is 42.7 Å². The normalized spacial score (nSPS) is 10.4. The van der Waals surface area contributed by atoms with E-state index in [1.165, 1.54) is 0 Å². The number of hydrogen-bond acceptors (Lipinski definition) is 3. The quantitative estimate of drug-likeness (QED) is 0.847. The number of nitrogens with zero attached hydrogens (tertiary/aromatic N) is 3. The van der Waals surface area contributed by atoms with Crippen LogP contribution >= 0.6 is 0 Å². The molecule has 116 valence electrons. The molecule has 2 rings (SSSR count). The molecule has 0 bridgehead atoms. The largest absolute Gasteiger partial charge is 0.481 e. The zero-order valence-electron chi connectivity index (χ0n) is 12.5. The van der Waals surface area contributed by atoms with Crippen LogP contribution in [-0.2, 0) is 11.3 Å². The summed E-state index contributed by atoms with van der Waals surface area (Å²) in [5.41, 5.74) is 1.66. The lowest BCUT2D eigenvalue weighted by Crippen LogP contribution is -2.28. The zero-order chi connectivity index (χ0) is 15.9. The molecule has 0 atom stereocenters. The van der Waals surface area contributed by atoms with E-state index in [0.717, 1.165) is 5.56 Å². The molecular weight excluding hydrogens is 282 g/mol. The molecule has 0 spiro atoms. The summed E-state index contributed by atoms with van der Waals surface area (Å²) in [5.74, 6) is -0.945. The van der Waals surface area contributed by atoms with E-state index in [9.17, 15) is 9.59 Å². The minimum absolute atomic E-state index is 0.0699. The number of aromatic nitrogens is 2. The summed E-state index contributed by atoms with van der Waals surface area (Å²) in [4.78, 5) is 24.2. The number of carbonyl (C=O) groups excluding carboxylic acids is 1.